The van der Waals surface area contributed by atoms with Crippen molar-refractivity contribution in [1.82, 2.24) is 15.1 Å². The summed E-state index contributed by atoms with van der Waals surface area (Å²) in [6.07, 6.45) is 0.337. The van der Waals surface area contributed by atoms with Crippen molar-refractivity contribution in [2.24, 2.45) is 0 Å². The smallest absolute Gasteiger partial charge is 0.407 e. The van der Waals surface area contributed by atoms with Crippen molar-refractivity contribution in [3.63, 3.8) is 0 Å². The first-order valence-corrected chi connectivity index (χ1v) is 7.36. The molecule has 1 N–H and O–H groups in total. The van der Waals surface area contributed by atoms with Gasteiger partial charge in [0, 0.05) is 19.6 Å². The lowest BCUT2D eigenvalue weighted by atomic mass is 10.2. The summed E-state index contributed by atoms with van der Waals surface area (Å²) in [4.78, 5) is 14.5. The van der Waals surface area contributed by atoms with E-state index < -0.39 is 6.09 Å². The number of carboxylic acid groups (broad SMARTS) is 1. The van der Waals surface area contributed by atoms with Gasteiger partial charge in [-0.05, 0) is 5.56 Å². The molecule has 0 radical (unpaired) electrons. The molecule has 2 heterocycles. The number of hydrogen-bond donors (Lipinski definition) is 1. The van der Waals surface area contributed by atoms with E-state index in [4.69, 9.17) is 9.15 Å². The highest BCUT2D eigenvalue weighted by Crippen LogP contribution is 2.18. The van der Waals surface area contributed by atoms with E-state index in [1.807, 2.05) is 35.2 Å². The molecule has 0 saturated carbocycles. The van der Waals surface area contributed by atoms with Crippen LogP contribution < -0.4 is 4.90 Å². The Balaban J connectivity index is 1.62. The van der Waals surface area contributed by atoms with Gasteiger partial charge in [0.05, 0.1) is 19.3 Å². The van der Waals surface area contributed by atoms with Crippen molar-refractivity contribution in [3.8, 4) is 0 Å². The molecule has 0 spiro atoms. The number of rotatable bonds is 5. The number of hydrogen-bond acceptors (Lipinski definition) is 6. The molecule has 122 valence electrons. The normalized spacial score (nSPS) is 18.2. The van der Waals surface area contributed by atoms with Crippen molar-refractivity contribution >= 4 is 12.1 Å². The Morgan fingerprint density at radius 2 is 2.17 bits per heavy atom. The second-order valence-electron chi connectivity index (χ2n) is 5.30. The lowest BCUT2D eigenvalue weighted by Crippen LogP contribution is -2.56. The molecular weight excluding hydrogens is 300 g/mol. The summed E-state index contributed by atoms with van der Waals surface area (Å²) in [7, 11) is 0. The maximum absolute atomic E-state index is 11.2. The first kappa shape index (κ1) is 15.3. The van der Waals surface area contributed by atoms with Crippen LogP contribution in [0.3, 0.4) is 0 Å². The zero-order valence-corrected chi connectivity index (χ0v) is 12.5. The predicted molar refractivity (Wildman–Crippen MR) is 81.1 cm³/mol. The molecular formula is C15H18N4O4. The van der Waals surface area contributed by atoms with Crippen molar-refractivity contribution in [2.75, 3.05) is 31.1 Å². The van der Waals surface area contributed by atoms with Crippen LogP contribution in [0.15, 0.2) is 41.1 Å². The summed E-state index contributed by atoms with van der Waals surface area (Å²) >= 11 is 0. The third-order valence-corrected chi connectivity index (χ3v) is 3.77. The summed E-state index contributed by atoms with van der Waals surface area (Å²) < 4.78 is 11.0. The van der Waals surface area contributed by atoms with Crippen molar-refractivity contribution in [3.05, 3.63) is 42.3 Å². The second kappa shape index (κ2) is 7.10. The largest absolute Gasteiger partial charge is 0.465 e. The van der Waals surface area contributed by atoms with Crippen LogP contribution in [-0.4, -0.2) is 58.6 Å². The fourth-order valence-electron chi connectivity index (χ4n) is 2.60. The quantitative estimate of drug-likeness (QED) is 0.892. The lowest BCUT2D eigenvalue weighted by Gasteiger charge is -2.39. The summed E-state index contributed by atoms with van der Waals surface area (Å²) in [5.74, 6) is 0. The van der Waals surface area contributed by atoms with Gasteiger partial charge in [-0.15, -0.1) is 5.10 Å². The number of carbonyl (C=O) groups is 1. The van der Waals surface area contributed by atoms with Crippen molar-refractivity contribution in [2.45, 2.75) is 12.6 Å². The molecule has 8 heteroatoms. The highest BCUT2D eigenvalue weighted by atomic mass is 16.5. The Morgan fingerprint density at radius 1 is 1.35 bits per heavy atom. The summed E-state index contributed by atoms with van der Waals surface area (Å²) in [5.41, 5.74) is 1.07. The minimum absolute atomic E-state index is 0.163. The Bertz CT molecular complexity index is 620. The molecule has 1 aromatic heterocycles. The van der Waals surface area contributed by atoms with Gasteiger partial charge < -0.3 is 24.1 Å². The fourth-order valence-corrected chi connectivity index (χ4v) is 2.60. The van der Waals surface area contributed by atoms with Crippen LogP contribution >= 0.6 is 0 Å². The number of ether oxygens (including phenoxy) is 1. The number of anilines is 1. The molecule has 2 aromatic rings. The van der Waals surface area contributed by atoms with Crippen LogP contribution in [-0.2, 0) is 11.3 Å². The average molecular weight is 318 g/mol. The molecule has 1 saturated heterocycles. The molecule has 1 fully saturated rings. The van der Waals surface area contributed by atoms with Gasteiger partial charge in [0.2, 0.25) is 6.39 Å². The van der Waals surface area contributed by atoms with Gasteiger partial charge in [-0.2, -0.15) is 0 Å². The van der Waals surface area contributed by atoms with Crippen LogP contribution in [0.4, 0.5) is 10.8 Å². The molecule has 23 heavy (non-hydrogen) atoms. The molecule has 0 bridgehead atoms. The summed E-state index contributed by atoms with van der Waals surface area (Å²) in [5, 5.41) is 16.8. The van der Waals surface area contributed by atoms with E-state index >= 15 is 0 Å². The van der Waals surface area contributed by atoms with Crippen LogP contribution in [0, 0.1) is 0 Å². The number of nitrogens with zero attached hydrogens (tertiary/aromatic N) is 4. The van der Waals surface area contributed by atoms with E-state index in [2.05, 4.69) is 10.2 Å². The second-order valence-corrected chi connectivity index (χ2v) is 5.30. The Kier molecular flexibility index (Phi) is 4.72. The molecule has 1 unspecified atom stereocenters. The van der Waals surface area contributed by atoms with Crippen LogP contribution in [0.25, 0.3) is 0 Å². The van der Waals surface area contributed by atoms with Gasteiger partial charge in [-0.1, -0.05) is 35.4 Å². The molecule has 0 aliphatic carbocycles. The van der Waals surface area contributed by atoms with E-state index in [0.29, 0.717) is 38.9 Å². The summed E-state index contributed by atoms with van der Waals surface area (Å²) in [6, 6.07) is 10.1. The standard InChI is InChI=1S/C15H18N4O4/c20-15(21)18-6-7-19(14-17-16-11-23-14)13(8-18)10-22-9-12-4-2-1-3-5-12/h1-5,11,13H,6-10H2,(H,20,21). The number of benzene rings is 1. The highest BCUT2D eigenvalue weighted by Gasteiger charge is 2.32. The predicted octanol–water partition coefficient (Wildman–Crippen LogP) is 1.45. The minimum Gasteiger partial charge on any atom is -0.465 e. The number of aromatic nitrogens is 2. The lowest BCUT2D eigenvalue weighted by molar-refractivity contribution is 0.0783. The first-order valence-electron chi connectivity index (χ1n) is 7.36. The summed E-state index contributed by atoms with van der Waals surface area (Å²) in [6.45, 7) is 2.08. The van der Waals surface area contributed by atoms with E-state index in [9.17, 15) is 9.90 Å². The third-order valence-electron chi connectivity index (χ3n) is 3.77. The van der Waals surface area contributed by atoms with Crippen LogP contribution in [0.1, 0.15) is 5.56 Å². The average Bonchev–Trinajstić information content (AvgIpc) is 3.10. The van der Waals surface area contributed by atoms with Gasteiger partial charge in [-0.25, -0.2) is 4.79 Å². The van der Waals surface area contributed by atoms with Gasteiger partial charge in [0.25, 0.3) is 0 Å². The van der Waals surface area contributed by atoms with Gasteiger partial charge >= 0.3 is 12.1 Å². The number of piperazine rings is 1. The topological polar surface area (TPSA) is 91.9 Å². The SMILES string of the molecule is O=C(O)N1CCN(c2nnco2)C(COCc2ccccc2)C1. The molecule has 1 atom stereocenters. The van der Waals surface area contributed by atoms with Gasteiger partial charge in [0.1, 0.15) is 0 Å². The van der Waals surface area contributed by atoms with Crippen LogP contribution in [0.2, 0.25) is 0 Å². The zero-order valence-electron chi connectivity index (χ0n) is 12.5. The fraction of sp³-hybridized carbons (Fsp3) is 0.400. The Morgan fingerprint density at radius 3 is 2.87 bits per heavy atom. The van der Waals surface area contributed by atoms with E-state index in [-0.39, 0.29) is 6.04 Å². The maximum Gasteiger partial charge on any atom is 0.407 e. The third kappa shape index (κ3) is 3.78. The maximum atomic E-state index is 11.2. The van der Waals surface area contributed by atoms with Crippen molar-refractivity contribution < 1.29 is 19.1 Å². The Hall–Kier alpha value is -2.61. The van der Waals surface area contributed by atoms with Gasteiger partial charge in [-0.3, -0.25) is 0 Å². The molecule has 3 rings (SSSR count). The molecule has 1 aromatic carbocycles. The Labute approximate surface area is 133 Å². The monoisotopic (exact) mass is 318 g/mol. The number of amides is 1. The highest BCUT2D eigenvalue weighted by molar-refractivity contribution is 5.65. The van der Waals surface area contributed by atoms with E-state index in [1.54, 1.807) is 0 Å². The molecule has 1 amide bonds. The molecule has 8 nitrogen and oxygen atoms in total. The zero-order chi connectivity index (χ0) is 16.1. The van der Waals surface area contributed by atoms with E-state index in [1.165, 1.54) is 11.3 Å². The van der Waals surface area contributed by atoms with Gasteiger partial charge in [0.15, 0.2) is 0 Å². The molecule has 1 aliphatic rings. The van der Waals surface area contributed by atoms with Crippen molar-refractivity contribution in [1.29, 1.82) is 0 Å². The first-order chi connectivity index (χ1) is 11.2. The van der Waals surface area contributed by atoms with Crippen LogP contribution in [0.5, 0.6) is 0 Å². The van der Waals surface area contributed by atoms with E-state index in [0.717, 1.165) is 5.56 Å². The minimum atomic E-state index is -0.928. The molecule has 1 aliphatic heterocycles.